The fourth-order valence-electron chi connectivity index (χ4n) is 6.61. The molecule has 1 amide bonds. The molecule has 0 spiro atoms. The van der Waals surface area contributed by atoms with Gasteiger partial charge in [-0.05, 0) is 86.3 Å². The van der Waals surface area contributed by atoms with Crippen molar-refractivity contribution in [2.75, 3.05) is 7.11 Å². The number of carbonyl (C=O) groups is 1. The SMILES string of the molecule is COc1cccc2c1CC(C(=O)NC1[C@@H]3CC4C[C@H]1CC(F)(C4)C3)CC2. The number of benzene rings is 1. The van der Waals surface area contributed by atoms with Gasteiger partial charge >= 0.3 is 0 Å². The highest BCUT2D eigenvalue weighted by atomic mass is 19.1. The lowest BCUT2D eigenvalue weighted by atomic mass is 9.53. The third-order valence-corrected chi connectivity index (χ3v) is 7.54. The Hall–Kier alpha value is -1.58. The van der Waals surface area contributed by atoms with E-state index in [1.807, 2.05) is 12.1 Å². The summed E-state index contributed by atoms with van der Waals surface area (Å²) < 4.78 is 20.4. The molecule has 4 bridgehead atoms. The fourth-order valence-corrected chi connectivity index (χ4v) is 6.61. The molecule has 1 aromatic rings. The molecule has 6 rings (SSSR count). The first-order valence-corrected chi connectivity index (χ1v) is 10.2. The first-order valence-electron chi connectivity index (χ1n) is 10.2. The highest BCUT2D eigenvalue weighted by molar-refractivity contribution is 5.80. The molecule has 1 N–H and O–H groups in total. The predicted molar refractivity (Wildman–Crippen MR) is 97.8 cm³/mol. The minimum atomic E-state index is -0.936. The van der Waals surface area contributed by atoms with Crippen LogP contribution in [0.25, 0.3) is 0 Å². The summed E-state index contributed by atoms with van der Waals surface area (Å²) in [5.74, 6) is 2.33. The molecule has 140 valence electrons. The summed E-state index contributed by atoms with van der Waals surface area (Å²) in [6.07, 6.45) is 6.87. The van der Waals surface area contributed by atoms with E-state index in [9.17, 15) is 9.18 Å². The molecule has 0 heterocycles. The van der Waals surface area contributed by atoms with Crippen LogP contribution in [0.15, 0.2) is 18.2 Å². The highest BCUT2D eigenvalue weighted by Gasteiger charge is 2.56. The van der Waals surface area contributed by atoms with E-state index in [4.69, 9.17) is 4.74 Å². The Morgan fingerprint density at radius 1 is 1.23 bits per heavy atom. The number of hydrogen-bond donors (Lipinski definition) is 1. The predicted octanol–water partition coefficient (Wildman–Crippen LogP) is 3.83. The van der Waals surface area contributed by atoms with Gasteiger partial charge in [-0.2, -0.15) is 0 Å². The molecule has 4 fully saturated rings. The van der Waals surface area contributed by atoms with Crippen molar-refractivity contribution in [3.63, 3.8) is 0 Å². The van der Waals surface area contributed by atoms with E-state index in [2.05, 4.69) is 11.4 Å². The summed E-state index contributed by atoms with van der Waals surface area (Å²) in [7, 11) is 1.70. The third kappa shape index (κ3) is 2.64. The minimum absolute atomic E-state index is 0.00956. The lowest BCUT2D eigenvalue weighted by Crippen LogP contribution is -2.61. The number of hydrogen-bond acceptors (Lipinski definition) is 2. The van der Waals surface area contributed by atoms with Crippen LogP contribution in [-0.2, 0) is 17.6 Å². The lowest BCUT2D eigenvalue weighted by molar-refractivity contribution is -0.133. The van der Waals surface area contributed by atoms with Gasteiger partial charge in [0.2, 0.25) is 5.91 Å². The summed E-state index contributed by atoms with van der Waals surface area (Å²) in [5, 5.41) is 3.37. The molecule has 0 aromatic heterocycles. The monoisotopic (exact) mass is 357 g/mol. The first kappa shape index (κ1) is 16.6. The van der Waals surface area contributed by atoms with E-state index in [-0.39, 0.29) is 17.9 Å². The average molecular weight is 357 g/mol. The van der Waals surface area contributed by atoms with E-state index < -0.39 is 5.67 Å². The van der Waals surface area contributed by atoms with Crippen LogP contribution in [0, 0.1) is 23.7 Å². The van der Waals surface area contributed by atoms with Crippen LogP contribution in [0.3, 0.4) is 0 Å². The summed E-state index contributed by atoms with van der Waals surface area (Å²) >= 11 is 0. The quantitative estimate of drug-likeness (QED) is 0.893. The van der Waals surface area contributed by atoms with E-state index >= 15 is 0 Å². The van der Waals surface area contributed by atoms with Gasteiger partial charge in [-0.3, -0.25) is 4.79 Å². The Morgan fingerprint density at radius 2 is 2.00 bits per heavy atom. The van der Waals surface area contributed by atoms with Crippen molar-refractivity contribution >= 4 is 5.91 Å². The Balaban J connectivity index is 1.30. The van der Waals surface area contributed by atoms with Crippen molar-refractivity contribution in [1.82, 2.24) is 5.32 Å². The maximum Gasteiger partial charge on any atom is 0.223 e. The molecule has 4 saturated carbocycles. The third-order valence-electron chi connectivity index (χ3n) is 7.54. The van der Waals surface area contributed by atoms with Gasteiger partial charge < -0.3 is 10.1 Å². The largest absolute Gasteiger partial charge is 0.496 e. The van der Waals surface area contributed by atoms with Crippen molar-refractivity contribution in [3.05, 3.63) is 29.3 Å². The van der Waals surface area contributed by atoms with E-state index in [1.165, 1.54) is 11.1 Å². The minimum Gasteiger partial charge on any atom is -0.496 e. The number of ether oxygens (including phenoxy) is 1. The zero-order valence-corrected chi connectivity index (χ0v) is 15.5. The maximum absolute atomic E-state index is 14.9. The van der Waals surface area contributed by atoms with Crippen LogP contribution in [0.2, 0.25) is 0 Å². The molecule has 5 aliphatic rings. The number of amides is 1. The molecule has 4 heteroatoms. The zero-order chi connectivity index (χ0) is 17.9. The molecular weight excluding hydrogens is 329 g/mol. The van der Waals surface area contributed by atoms with Gasteiger partial charge in [0, 0.05) is 12.0 Å². The fraction of sp³-hybridized carbons (Fsp3) is 0.682. The van der Waals surface area contributed by atoms with Gasteiger partial charge in [0.25, 0.3) is 0 Å². The second-order valence-corrected chi connectivity index (χ2v) is 9.19. The van der Waals surface area contributed by atoms with Gasteiger partial charge in [-0.15, -0.1) is 0 Å². The first-order chi connectivity index (χ1) is 12.5. The maximum atomic E-state index is 14.9. The van der Waals surface area contributed by atoms with Crippen LogP contribution in [0.1, 0.15) is 49.7 Å². The number of aryl methyl sites for hydroxylation is 1. The van der Waals surface area contributed by atoms with Crippen LogP contribution in [0.4, 0.5) is 4.39 Å². The number of carbonyl (C=O) groups excluding carboxylic acids is 1. The van der Waals surface area contributed by atoms with Crippen LogP contribution < -0.4 is 10.1 Å². The van der Waals surface area contributed by atoms with Crippen LogP contribution in [0.5, 0.6) is 5.75 Å². The smallest absolute Gasteiger partial charge is 0.223 e. The number of nitrogens with one attached hydrogen (secondary N) is 1. The zero-order valence-electron chi connectivity index (χ0n) is 15.5. The molecule has 1 aromatic carbocycles. The number of rotatable bonds is 3. The molecule has 0 radical (unpaired) electrons. The number of fused-ring (bicyclic) bond motifs is 1. The van der Waals surface area contributed by atoms with Gasteiger partial charge in [-0.1, -0.05) is 12.1 Å². The van der Waals surface area contributed by atoms with E-state index in [0.717, 1.165) is 44.3 Å². The highest BCUT2D eigenvalue weighted by Crippen LogP contribution is 2.57. The average Bonchev–Trinajstić information content (AvgIpc) is 2.62. The normalized spacial score (nSPS) is 40.2. The van der Waals surface area contributed by atoms with E-state index in [0.29, 0.717) is 30.6 Å². The Bertz CT molecular complexity index is 703. The molecule has 5 aliphatic carbocycles. The van der Waals surface area contributed by atoms with Crippen molar-refractivity contribution in [2.24, 2.45) is 23.7 Å². The molecule has 4 unspecified atom stereocenters. The van der Waals surface area contributed by atoms with Gasteiger partial charge in [0.1, 0.15) is 11.4 Å². The van der Waals surface area contributed by atoms with Crippen LogP contribution >= 0.6 is 0 Å². The molecule has 6 atom stereocenters. The summed E-state index contributed by atoms with van der Waals surface area (Å²) in [5.41, 5.74) is 1.56. The van der Waals surface area contributed by atoms with Crippen molar-refractivity contribution in [3.8, 4) is 5.75 Å². The van der Waals surface area contributed by atoms with Crippen molar-refractivity contribution < 1.29 is 13.9 Å². The van der Waals surface area contributed by atoms with Crippen molar-refractivity contribution in [2.45, 2.75) is 63.1 Å². The Morgan fingerprint density at radius 3 is 2.69 bits per heavy atom. The molecular formula is C22H28FNO2. The number of halogens is 1. The molecule has 0 saturated heterocycles. The van der Waals surface area contributed by atoms with Crippen LogP contribution in [-0.4, -0.2) is 24.7 Å². The second-order valence-electron chi connectivity index (χ2n) is 9.19. The van der Waals surface area contributed by atoms with Gasteiger partial charge in [-0.25, -0.2) is 4.39 Å². The number of methoxy groups -OCH3 is 1. The summed E-state index contributed by atoms with van der Waals surface area (Å²) in [6, 6.07) is 6.35. The molecule has 26 heavy (non-hydrogen) atoms. The number of alkyl halides is 1. The van der Waals surface area contributed by atoms with Gasteiger partial charge in [0.15, 0.2) is 0 Å². The van der Waals surface area contributed by atoms with Gasteiger partial charge in [0.05, 0.1) is 7.11 Å². The lowest BCUT2D eigenvalue weighted by Gasteiger charge is -2.57. The molecule has 0 aliphatic heterocycles. The summed E-state index contributed by atoms with van der Waals surface area (Å²) in [4.78, 5) is 13.0. The standard InChI is InChI=1S/C22H28FNO2/c1-26-19-4-2-3-14-5-6-15(9-18(14)19)21(25)24-20-16-7-13-8-17(20)12-22(23,10-13)11-16/h2-4,13,15-17,20H,5-12H2,1H3,(H,24,25)/t13?,15?,16-,17+,20?,22?. The second kappa shape index (κ2) is 5.97. The Kier molecular flexibility index (Phi) is 3.81. The Labute approximate surface area is 154 Å². The van der Waals surface area contributed by atoms with Crippen molar-refractivity contribution in [1.29, 1.82) is 0 Å². The topological polar surface area (TPSA) is 38.3 Å². The summed E-state index contributed by atoms with van der Waals surface area (Å²) in [6.45, 7) is 0. The van der Waals surface area contributed by atoms with E-state index in [1.54, 1.807) is 7.11 Å². The molecule has 3 nitrogen and oxygen atoms in total.